The van der Waals surface area contributed by atoms with Crippen molar-refractivity contribution >= 4 is 64.2 Å². The summed E-state index contributed by atoms with van der Waals surface area (Å²) in [5, 5.41) is 7.25. The van der Waals surface area contributed by atoms with Crippen LogP contribution in [0.25, 0.3) is 120 Å². The van der Waals surface area contributed by atoms with Gasteiger partial charge in [0.05, 0.1) is 0 Å². The molecule has 0 N–H and O–H groups in total. The van der Waals surface area contributed by atoms with Crippen LogP contribution >= 0.6 is 11.3 Å². The summed E-state index contributed by atoms with van der Waals surface area (Å²) in [4.78, 5) is 15.3. The van der Waals surface area contributed by atoms with Crippen LogP contribution in [-0.2, 0) is 0 Å². The maximum absolute atomic E-state index is 6.56. The number of furan rings is 1. The fraction of sp³-hybridized carbons (Fsp3) is 0. The molecule has 0 saturated carbocycles. The van der Waals surface area contributed by atoms with E-state index in [-0.39, 0.29) is 0 Å². The quantitative estimate of drug-likeness (QED) is 0.183. The maximum atomic E-state index is 6.56. The van der Waals surface area contributed by atoms with E-state index in [9.17, 15) is 0 Å². The van der Waals surface area contributed by atoms with Crippen molar-refractivity contribution in [3.8, 4) is 67.5 Å². The van der Waals surface area contributed by atoms with Gasteiger partial charge in [0.2, 0.25) is 0 Å². The van der Waals surface area contributed by atoms with E-state index in [0.717, 1.165) is 49.8 Å². The lowest BCUT2D eigenvalue weighted by Gasteiger charge is -2.10. The van der Waals surface area contributed by atoms with Gasteiger partial charge in [-0.1, -0.05) is 127 Å². The van der Waals surface area contributed by atoms with Gasteiger partial charge in [0, 0.05) is 47.6 Å². The van der Waals surface area contributed by atoms with Crippen molar-refractivity contribution in [3.05, 3.63) is 164 Å². The van der Waals surface area contributed by atoms with Crippen molar-refractivity contribution in [2.45, 2.75) is 0 Å². The van der Waals surface area contributed by atoms with Gasteiger partial charge in [0.1, 0.15) is 11.2 Å². The molecule has 250 valence electrons. The molecule has 11 aromatic rings. The van der Waals surface area contributed by atoms with Crippen molar-refractivity contribution in [1.29, 1.82) is 0 Å². The lowest BCUT2D eigenvalue weighted by atomic mass is 9.96. The first-order valence-electron chi connectivity index (χ1n) is 18.1. The van der Waals surface area contributed by atoms with Crippen LogP contribution in [0.1, 0.15) is 0 Å². The summed E-state index contributed by atoms with van der Waals surface area (Å²) >= 11 is 1.78. The number of hydrogen-bond acceptors (Lipinski definition) is 5. The molecule has 0 saturated heterocycles. The molecule has 1 aliphatic rings. The summed E-state index contributed by atoms with van der Waals surface area (Å²) in [7, 11) is 0. The number of thiophene rings is 1. The minimum absolute atomic E-state index is 0.637. The van der Waals surface area contributed by atoms with Crippen LogP contribution < -0.4 is 0 Å². The van der Waals surface area contributed by atoms with Crippen LogP contribution in [0.15, 0.2) is 168 Å². The molecule has 0 spiro atoms. The maximum Gasteiger partial charge on any atom is 0.165 e. The summed E-state index contributed by atoms with van der Waals surface area (Å²) in [5.74, 6) is 1.95. The van der Waals surface area contributed by atoms with Crippen LogP contribution in [-0.4, -0.2) is 15.0 Å². The van der Waals surface area contributed by atoms with E-state index in [0.29, 0.717) is 17.5 Å². The van der Waals surface area contributed by atoms with Gasteiger partial charge in [-0.25, -0.2) is 15.0 Å². The number of hydrogen-bond donors (Lipinski definition) is 0. The van der Waals surface area contributed by atoms with Crippen molar-refractivity contribution in [1.82, 2.24) is 15.0 Å². The molecule has 0 amide bonds. The molecule has 5 heteroatoms. The molecule has 3 heterocycles. The van der Waals surface area contributed by atoms with Crippen LogP contribution in [0.3, 0.4) is 0 Å². The highest BCUT2D eigenvalue weighted by atomic mass is 32.1. The standard InChI is InChI=1S/C49H27N3OS/c1-2-11-28(12-3-1)47-50-48(52-49(51-47)38-21-10-19-36-34-17-6-7-22-43(34)54-46(36)38)31-14-8-13-29(25-31)30-23-24-41-40(26-30)45-37-20-9-18-35-32-15-4-5-16-33(32)39(44(35)37)27-42(45)53-41/h1-27H. The van der Waals surface area contributed by atoms with Crippen LogP contribution in [0, 0.1) is 0 Å². The van der Waals surface area contributed by atoms with Gasteiger partial charge in [0.25, 0.3) is 0 Å². The third-order valence-corrected chi connectivity index (χ3v) is 12.1. The van der Waals surface area contributed by atoms with E-state index in [1.165, 1.54) is 53.2 Å². The molecule has 0 fully saturated rings. The number of aromatic nitrogens is 3. The number of rotatable bonds is 4. The molecule has 0 unspecified atom stereocenters. The van der Waals surface area contributed by atoms with E-state index in [4.69, 9.17) is 19.4 Å². The van der Waals surface area contributed by atoms with Crippen molar-refractivity contribution in [2.75, 3.05) is 0 Å². The molecule has 12 rings (SSSR count). The minimum Gasteiger partial charge on any atom is -0.456 e. The van der Waals surface area contributed by atoms with Gasteiger partial charge in [-0.15, -0.1) is 11.3 Å². The van der Waals surface area contributed by atoms with Gasteiger partial charge < -0.3 is 4.42 Å². The number of nitrogens with zero attached hydrogens (tertiary/aromatic N) is 3. The lowest BCUT2D eigenvalue weighted by molar-refractivity contribution is 0.669. The molecular formula is C49H27N3OS. The van der Waals surface area contributed by atoms with E-state index in [2.05, 4.69) is 146 Å². The van der Waals surface area contributed by atoms with E-state index in [1.807, 2.05) is 18.2 Å². The first-order chi connectivity index (χ1) is 26.7. The van der Waals surface area contributed by atoms with Crippen LogP contribution in [0.4, 0.5) is 0 Å². The van der Waals surface area contributed by atoms with Gasteiger partial charge in [-0.2, -0.15) is 0 Å². The fourth-order valence-corrected chi connectivity index (χ4v) is 9.63. The Morgan fingerprint density at radius 2 is 0.981 bits per heavy atom. The van der Waals surface area contributed by atoms with E-state index >= 15 is 0 Å². The second kappa shape index (κ2) is 11.3. The third-order valence-electron chi connectivity index (χ3n) is 10.9. The number of benzene rings is 8. The predicted molar refractivity (Wildman–Crippen MR) is 224 cm³/mol. The molecule has 3 aromatic heterocycles. The monoisotopic (exact) mass is 705 g/mol. The Morgan fingerprint density at radius 3 is 1.87 bits per heavy atom. The number of fused-ring (bicyclic) bond motifs is 10. The van der Waals surface area contributed by atoms with Crippen LogP contribution in [0.2, 0.25) is 0 Å². The molecule has 0 atom stereocenters. The largest absolute Gasteiger partial charge is 0.456 e. The first-order valence-corrected chi connectivity index (χ1v) is 18.9. The molecule has 54 heavy (non-hydrogen) atoms. The molecule has 8 aromatic carbocycles. The smallest absolute Gasteiger partial charge is 0.165 e. The fourth-order valence-electron chi connectivity index (χ4n) is 8.42. The highest BCUT2D eigenvalue weighted by molar-refractivity contribution is 7.26. The van der Waals surface area contributed by atoms with Crippen LogP contribution in [0.5, 0.6) is 0 Å². The Balaban J connectivity index is 1.02. The second-order valence-corrected chi connectivity index (χ2v) is 15.0. The zero-order chi connectivity index (χ0) is 35.3. The summed E-state index contributed by atoms with van der Waals surface area (Å²) in [6, 6.07) is 57.8. The topological polar surface area (TPSA) is 51.8 Å². The third kappa shape index (κ3) is 4.33. The summed E-state index contributed by atoms with van der Waals surface area (Å²) in [6.45, 7) is 0. The Labute approximate surface area is 313 Å². The van der Waals surface area contributed by atoms with E-state index in [1.54, 1.807) is 11.3 Å². The van der Waals surface area contributed by atoms with Crippen molar-refractivity contribution in [2.24, 2.45) is 0 Å². The Morgan fingerprint density at radius 1 is 0.352 bits per heavy atom. The first kappa shape index (κ1) is 29.6. The molecule has 0 bridgehead atoms. The predicted octanol–water partition coefficient (Wildman–Crippen LogP) is 13.6. The zero-order valence-electron chi connectivity index (χ0n) is 28.7. The SMILES string of the molecule is c1ccc(-c2nc(-c3cccc(-c4ccc5oc6cc7c8c(cccc8c6c5c4)-c4ccccc4-7)c3)nc(-c3cccc4c3sc3ccccc34)n2)cc1. The second-order valence-electron chi connectivity index (χ2n) is 13.9. The molecule has 1 aliphatic carbocycles. The zero-order valence-corrected chi connectivity index (χ0v) is 29.6. The van der Waals surface area contributed by atoms with Gasteiger partial charge >= 0.3 is 0 Å². The lowest BCUT2D eigenvalue weighted by Crippen LogP contribution is -2.00. The highest BCUT2D eigenvalue weighted by Gasteiger charge is 2.24. The Kier molecular flexibility index (Phi) is 6.18. The molecule has 0 radical (unpaired) electrons. The minimum atomic E-state index is 0.637. The highest BCUT2D eigenvalue weighted by Crippen LogP contribution is 2.51. The Bertz CT molecular complexity index is 3340. The summed E-state index contributed by atoms with van der Waals surface area (Å²) in [6.07, 6.45) is 0. The molecule has 4 nitrogen and oxygen atoms in total. The molecule has 0 aliphatic heterocycles. The normalized spacial score (nSPS) is 12.1. The van der Waals surface area contributed by atoms with Gasteiger partial charge in [-0.3, -0.25) is 0 Å². The average molecular weight is 706 g/mol. The molecular weight excluding hydrogens is 679 g/mol. The Hall–Kier alpha value is -6.95. The van der Waals surface area contributed by atoms with Crippen molar-refractivity contribution in [3.63, 3.8) is 0 Å². The van der Waals surface area contributed by atoms with Gasteiger partial charge in [-0.05, 0) is 80.6 Å². The average Bonchev–Trinajstić information content (AvgIpc) is 3.91. The van der Waals surface area contributed by atoms with E-state index < -0.39 is 0 Å². The summed E-state index contributed by atoms with van der Waals surface area (Å²) in [5.41, 5.74) is 11.9. The van der Waals surface area contributed by atoms with Gasteiger partial charge in [0.15, 0.2) is 17.5 Å². The van der Waals surface area contributed by atoms with Crippen molar-refractivity contribution < 1.29 is 4.42 Å². The summed E-state index contributed by atoms with van der Waals surface area (Å²) < 4.78 is 8.98.